The largest absolute Gasteiger partial charge is 0.481 e. The molecule has 0 heterocycles. The molecule has 0 radical (unpaired) electrons. The summed E-state index contributed by atoms with van der Waals surface area (Å²) in [6.07, 6.45) is 38.8. The number of hydrogen-bond donors (Lipinski definition) is 1. The third kappa shape index (κ3) is 29.2. The zero-order valence-electron chi connectivity index (χ0n) is 25.8. The van der Waals surface area contributed by atoms with Crippen molar-refractivity contribution < 1.29 is 19.4 Å². The zero-order valence-corrected chi connectivity index (χ0v) is 25.8. The van der Waals surface area contributed by atoms with E-state index in [9.17, 15) is 14.7 Å². The molecule has 4 nitrogen and oxygen atoms in total. The second-order valence-electron chi connectivity index (χ2n) is 11.5. The van der Waals surface area contributed by atoms with Gasteiger partial charge in [0.25, 0.3) is 0 Å². The number of allylic oxidation sites excluding steroid dienone is 2. The fraction of sp³-hybridized carbons (Fsp3) is 0.829. The number of carboxylic acid groups (broad SMARTS) is 1. The number of carboxylic acids is 1. The van der Waals surface area contributed by atoms with E-state index in [-0.39, 0.29) is 13.0 Å². The van der Waals surface area contributed by atoms with Gasteiger partial charge in [-0.3, -0.25) is 9.59 Å². The predicted octanol–water partition coefficient (Wildman–Crippen LogP) is 11.1. The van der Waals surface area contributed by atoms with E-state index < -0.39 is 17.9 Å². The number of esters is 1. The van der Waals surface area contributed by atoms with Crippen LogP contribution in [0.4, 0.5) is 0 Å². The normalized spacial score (nSPS) is 12.1. The molecule has 0 aromatic heterocycles. The summed E-state index contributed by atoms with van der Waals surface area (Å²) >= 11 is 0. The van der Waals surface area contributed by atoms with Crippen molar-refractivity contribution in [2.24, 2.45) is 5.92 Å². The monoisotopic (exact) mass is 548 g/mol. The number of ether oxygens (including phenoxy) is 1. The minimum atomic E-state index is -0.949. The van der Waals surface area contributed by atoms with Crippen molar-refractivity contribution in [1.29, 1.82) is 0 Å². The molecule has 0 spiro atoms. The first-order valence-corrected chi connectivity index (χ1v) is 16.8. The van der Waals surface area contributed by atoms with E-state index in [0.29, 0.717) is 6.42 Å². The fourth-order valence-electron chi connectivity index (χ4n) is 5.11. The molecule has 1 N–H and O–H groups in total. The lowest BCUT2D eigenvalue weighted by molar-refractivity contribution is -0.150. The number of carbonyl (C=O) groups is 2. The Labute approximate surface area is 242 Å². The zero-order chi connectivity index (χ0) is 28.7. The number of carbonyl (C=O) groups excluding carboxylic acids is 1. The van der Waals surface area contributed by atoms with Gasteiger partial charge in [0.2, 0.25) is 0 Å². The minimum Gasteiger partial charge on any atom is -0.481 e. The van der Waals surface area contributed by atoms with Crippen LogP contribution in [0.15, 0.2) is 24.8 Å². The van der Waals surface area contributed by atoms with Gasteiger partial charge in [0.05, 0.1) is 12.3 Å². The molecule has 1 unspecified atom stereocenters. The average Bonchev–Trinajstić information content (AvgIpc) is 2.93. The van der Waals surface area contributed by atoms with E-state index in [4.69, 9.17) is 4.74 Å². The number of rotatable bonds is 31. The highest BCUT2D eigenvalue weighted by Crippen LogP contribution is 2.16. The van der Waals surface area contributed by atoms with Gasteiger partial charge in [-0.1, -0.05) is 173 Å². The molecule has 0 aromatic rings. The summed E-state index contributed by atoms with van der Waals surface area (Å²) < 4.78 is 4.89. The van der Waals surface area contributed by atoms with Crippen molar-refractivity contribution >= 4 is 11.9 Å². The van der Waals surface area contributed by atoms with Gasteiger partial charge in [-0.15, -0.1) is 0 Å². The summed E-state index contributed by atoms with van der Waals surface area (Å²) in [4.78, 5) is 22.9. The number of unbranched alkanes of at least 4 members (excludes halogenated alkanes) is 23. The molecule has 0 fully saturated rings. The van der Waals surface area contributed by atoms with Gasteiger partial charge >= 0.3 is 11.9 Å². The van der Waals surface area contributed by atoms with Crippen molar-refractivity contribution in [2.45, 2.75) is 174 Å². The highest BCUT2D eigenvalue weighted by Gasteiger charge is 2.20. The van der Waals surface area contributed by atoms with Gasteiger partial charge in [0.15, 0.2) is 0 Å². The standard InChI is InChI=1S/C35H64O4/c1-3-5-6-7-8-9-10-11-12-13-14-15-16-17-18-19-20-21-22-23-24-25-26-27-28-29-30-33(35(37)38)32-34(36)39-31-4-2/h4,28-29,33H,2-3,5-27,30-32H2,1H3,(H,37,38)/b29-28+. The van der Waals surface area contributed by atoms with Crippen molar-refractivity contribution in [1.82, 2.24) is 0 Å². The second kappa shape index (κ2) is 31.0. The maximum Gasteiger partial charge on any atom is 0.307 e. The summed E-state index contributed by atoms with van der Waals surface area (Å²) in [6.45, 7) is 5.90. The fourth-order valence-corrected chi connectivity index (χ4v) is 5.11. The summed E-state index contributed by atoms with van der Waals surface area (Å²) in [5.41, 5.74) is 0. The highest BCUT2D eigenvalue weighted by molar-refractivity contribution is 5.78. The van der Waals surface area contributed by atoms with Gasteiger partial charge in [0, 0.05) is 0 Å². The Balaban J connectivity index is 3.33. The third-order valence-electron chi connectivity index (χ3n) is 7.69. The van der Waals surface area contributed by atoms with E-state index >= 15 is 0 Å². The number of aliphatic carboxylic acids is 1. The first-order valence-electron chi connectivity index (χ1n) is 16.8. The molecule has 0 aromatic carbocycles. The first-order chi connectivity index (χ1) is 19.1. The van der Waals surface area contributed by atoms with Crippen LogP contribution >= 0.6 is 0 Å². The molecule has 0 rings (SSSR count). The van der Waals surface area contributed by atoms with Crippen molar-refractivity contribution in [3.05, 3.63) is 24.8 Å². The number of hydrogen-bond acceptors (Lipinski definition) is 3. The summed E-state index contributed by atoms with van der Waals surface area (Å²) in [7, 11) is 0. The second-order valence-corrected chi connectivity index (χ2v) is 11.5. The summed E-state index contributed by atoms with van der Waals surface area (Å²) in [6, 6.07) is 0. The molecular formula is C35H64O4. The van der Waals surface area contributed by atoms with Gasteiger partial charge < -0.3 is 9.84 Å². The van der Waals surface area contributed by atoms with E-state index in [1.807, 2.05) is 6.08 Å². The van der Waals surface area contributed by atoms with Crippen LogP contribution < -0.4 is 0 Å². The molecule has 0 amide bonds. The molecule has 228 valence electrons. The third-order valence-corrected chi connectivity index (χ3v) is 7.69. The lowest BCUT2D eigenvalue weighted by Gasteiger charge is -2.09. The molecule has 0 saturated heterocycles. The van der Waals surface area contributed by atoms with E-state index in [0.717, 1.165) is 12.8 Å². The molecule has 0 saturated carbocycles. The Hall–Kier alpha value is -1.58. The van der Waals surface area contributed by atoms with Crippen LogP contribution in [-0.4, -0.2) is 23.7 Å². The smallest absolute Gasteiger partial charge is 0.307 e. The first kappa shape index (κ1) is 37.4. The van der Waals surface area contributed by atoms with Crippen LogP contribution in [0.25, 0.3) is 0 Å². The molecule has 0 aliphatic carbocycles. The Bertz CT molecular complexity index is 583. The van der Waals surface area contributed by atoms with Gasteiger partial charge in [-0.2, -0.15) is 0 Å². The maximum absolute atomic E-state index is 11.6. The van der Waals surface area contributed by atoms with Crippen molar-refractivity contribution in [2.75, 3.05) is 6.61 Å². The molecular weight excluding hydrogens is 484 g/mol. The minimum absolute atomic E-state index is 0.0903. The van der Waals surface area contributed by atoms with E-state index in [2.05, 4.69) is 19.6 Å². The lowest BCUT2D eigenvalue weighted by atomic mass is 10.0. The summed E-state index contributed by atoms with van der Waals surface area (Å²) in [5, 5.41) is 9.28. The summed E-state index contributed by atoms with van der Waals surface area (Å²) in [5.74, 6) is -2.15. The Morgan fingerprint density at radius 2 is 1.03 bits per heavy atom. The molecule has 4 heteroatoms. The lowest BCUT2D eigenvalue weighted by Crippen LogP contribution is -2.19. The van der Waals surface area contributed by atoms with Gasteiger partial charge in [-0.05, 0) is 19.3 Å². The quantitative estimate of drug-likeness (QED) is 0.0531. The maximum atomic E-state index is 11.6. The SMILES string of the molecule is C=CCOC(=O)CC(C/C=C/CCCCCCCCCCCCCCCCCCCCCCCCC)C(=O)O. The van der Waals surface area contributed by atoms with Crippen molar-refractivity contribution in [3.63, 3.8) is 0 Å². The molecule has 0 aliphatic heterocycles. The van der Waals surface area contributed by atoms with Gasteiger partial charge in [-0.25, -0.2) is 0 Å². The highest BCUT2D eigenvalue weighted by atomic mass is 16.5. The Morgan fingerprint density at radius 1 is 0.641 bits per heavy atom. The molecule has 1 atom stereocenters. The molecule has 0 aliphatic rings. The average molecular weight is 549 g/mol. The molecule has 39 heavy (non-hydrogen) atoms. The Kier molecular flexibility index (Phi) is 29.7. The van der Waals surface area contributed by atoms with Crippen LogP contribution in [0, 0.1) is 5.92 Å². The van der Waals surface area contributed by atoms with Crippen LogP contribution in [-0.2, 0) is 14.3 Å². The van der Waals surface area contributed by atoms with Crippen LogP contribution in [0.3, 0.4) is 0 Å². The van der Waals surface area contributed by atoms with Crippen LogP contribution in [0.5, 0.6) is 0 Å². The molecule has 0 bridgehead atoms. The van der Waals surface area contributed by atoms with E-state index in [1.54, 1.807) is 0 Å². The van der Waals surface area contributed by atoms with E-state index in [1.165, 1.54) is 147 Å². The topological polar surface area (TPSA) is 63.6 Å². The van der Waals surface area contributed by atoms with Crippen LogP contribution in [0.1, 0.15) is 174 Å². The van der Waals surface area contributed by atoms with Gasteiger partial charge in [0.1, 0.15) is 6.61 Å². The van der Waals surface area contributed by atoms with Crippen LogP contribution in [0.2, 0.25) is 0 Å². The Morgan fingerprint density at radius 3 is 1.38 bits per heavy atom. The predicted molar refractivity (Wildman–Crippen MR) is 167 cm³/mol. The van der Waals surface area contributed by atoms with Crippen molar-refractivity contribution in [3.8, 4) is 0 Å².